The van der Waals surface area contributed by atoms with E-state index in [4.69, 9.17) is 15.2 Å². The highest BCUT2D eigenvalue weighted by atomic mass is 16.5. The number of nitrogens with one attached hydrogen (secondary N) is 1. The van der Waals surface area contributed by atoms with Crippen LogP contribution in [0.4, 0.5) is 11.4 Å². The molecule has 0 aromatic heterocycles. The van der Waals surface area contributed by atoms with E-state index in [-0.39, 0.29) is 5.91 Å². The largest absolute Gasteiger partial charge is 0.492 e. The first-order chi connectivity index (χ1) is 10.6. The van der Waals surface area contributed by atoms with Crippen molar-refractivity contribution >= 4 is 17.3 Å². The molecule has 3 N–H and O–H groups in total. The number of ether oxygens (including phenoxy) is 2. The van der Waals surface area contributed by atoms with Crippen LogP contribution in [0.25, 0.3) is 0 Å². The summed E-state index contributed by atoms with van der Waals surface area (Å²) in [5.41, 5.74) is 6.89. The predicted molar refractivity (Wildman–Crippen MR) is 87.2 cm³/mol. The highest BCUT2D eigenvalue weighted by molar-refractivity contribution is 5.95. The van der Waals surface area contributed by atoms with Gasteiger partial charge in [0.25, 0.3) is 5.91 Å². The number of anilines is 2. The molecule has 2 aromatic carbocycles. The molecule has 5 heteroatoms. The van der Waals surface area contributed by atoms with Crippen LogP contribution in [0.3, 0.4) is 0 Å². The Hall–Kier alpha value is -2.69. The van der Waals surface area contributed by atoms with E-state index in [1.165, 1.54) is 0 Å². The molecule has 2 rings (SSSR count). The molecule has 0 radical (unpaired) electrons. The average Bonchev–Trinajstić information content (AvgIpc) is 2.51. The number of amides is 1. The van der Waals surface area contributed by atoms with Crippen molar-refractivity contribution in [2.24, 2.45) is 0 Å². The fourth-order valence-corrected chi connectivity index (χ4v) is 1.89. The number of benzene rings is 2. The lowest BCUT2D eigenvalue weighted by molar-refractivity contribution is -0.122. The topological polar surface area (TPSA) is 73.6 Å². The number of hydrogen-bond donors (Lipinski definition) is 2. The zero-order valence-corrected chi connectivity index (χ0v) is 12.7. The number of carbonyl (C=O) groups is 1. The molecule has 0 aliphatic rings. The van der Waals surface area contributed by atoms with Crippen molar-refractivity contribution in [3.05, 3.63) is 48.5 Å². The van der Waals surface area contributed by atoms with Gasteiger partial charge in [0.1, 0.15) is 11.5 Å². The predicted octanol–water partition coefficient (Wildman–Crippen LogP) is 3.07. The summed E-state index contributed by atoms with van der Waals surface area (Å²) in [5, 5.41) is 2.81. The van der Waals surface area contributed by atoms with Crippen molar-refractivity contribution in [1.29, 1.82) is 0 Å². The van der Waals surface area contributed by atoms with Gasteiger partial charge in [0, 0.05) is 5.69 Å². The molecule has 0 aliphatic heterocycles. The zero-order chi connectivity index (χ0) is 15.9. The summed E-state index contributed by atoms with van der Waals surface area (Å²) >= 11 is 0. The third kappa shape index (κ3) is 4.15. The van der Waals surface area contributed by atoms with Crippen LogP contribution in [0.1, 0.15) is 13.8 Å². The molecule has 1 atom stereocenters. The fourth-order valence-electron chi connectivity index (χ4n) is 1.89. The average molecular weight is 300 g/mol. The van der Waals surface area contributed by atoms with Crippen LogP contribution in [0, 0.1) is 0 Å². The number of para-hydroxylation sites is 2. The Labute approximate surface area is 130 Å². The first-order valence-corrected chi connectivity index (χ1v) is 7.15. The van der Waals surface area contributed by atoms with Crippen LogP contribution in [0.2, 0.25) is 0 Å². The lowest BCUT2D eigenvalue weighted by Gasteiger charge is -2.16. The van der Waals surface area contributed by atoms with E-state index >= 15 is 0 Å². The van der Waals surface area contributed by atoms with E-state index in [0.29, 0.717) is 29.5 Å². The number of rotatable bonds is 6. The molecular formula is C17H20N2O3. The number of hydrogen-bond acceptors (Lipinski definition) is 4. The Morgan fingerprint density at radius 3 is 2.55 bits per heavy atom. The summed E-state index contributed by atoms with van der Waals surface area (Å²) in [4.78, 5) is 12.2. The molecule has 0 heterocycles. The number of carbonyl (C=O) groups excluding carboxylic acids is 1. The van der Waals surface area contributed by atoms with Crippen molar-refractivity contribution in [2.45, 2.75) is 20.0 Å². The molecule has 1 amide bonds. The second-order valence-corrected chi connectivity index (χ2v) is 4.75. The monoisotopic (exact) mass is 300 g/mol. The van der Waals surface area contributed by atoms with Gasteiger partial charge in [0.05, 0.1) is 12.3 Å². The molecule has 0 saturated carbocycles. The maximum Gasteiger partial charge on any atom is 0.265 e. The Kier molecular flexibility index (Phi) is 5.25. The molecule has 0 fully saturated rings. The van der Waals surface area contributed by atoms with E-state index in [1.54, 1.807) is 37.3 Å². The summed E-state index contributed by atoms with van der Waals surface area (Å²) in [6.07, 6.45) is -0.640. The van der Waals surface area contributed by atoms with Gasteiger partial charge in [-0.3, -0.25) is 4.79 Å². The Bertz CT molecular complexity index is 626. The van der Waals surface area contributed by atoms with E-state index in [2.05, 4.69) is 5.32 Å². The molecular weight excluding hydrogens is 280 g/mol. The molecule has 0 aliphatic carbocycles. The minimum Gasteiger partial charge on any atom is -0.492 e. The minimum absolute atomic E-state index is 0.246. The highest BCUT2D eigenvalue weighted by Crippen LogP contribution is 2.24. The van der Waals surface area contributed by atoms with Gasteiger partial charge in [-0.25, -0.2) is 0 Å². The Morgan fingerprint density at radius 1 is 1.18 bits per heavy atom. The van der Waals surface area contributed by atoms with Gasteiger partial charge >= 0.3 is 0 Å². The lowest BCUT2D eigenvalue weighted by atomic mass is 10.2. The van der Waals surface area contributed by atoms with Crippen molar-refractivity contribution in [3.8, 4) is 11.5 Å². The zero-order valence-electron chi connectivity index (χ0n) is 12.7. The third-order valence-electron chi connectivity index (χ3n) is 3.01. The second kappa shape index (κ2) is 7.36. The second-order valence-electron chi connectivity index (χ2n) is 4.75. The quantitative estimate of drug-likeness (QED) is 0.804. The van der Waals surface area contributed by atoms with Crippen LogP contribution in [0.15, 0.2) is 48.5 Å². The van der Waals surface area contributed by atoms with E-state index < -0.39 is 6.10 Å². The van der Waals surface area contributed by atoms with Gasteiger partial charge in [-0.1, -0.05) is 12.1 Å². The summed E-state index contributed by atoms with van der Waals surface area (Å²) in [7, 11) is 0. The molecule has 5 nitrogen and oxygen atoms in total. The van der Waals surface area contributed by atoms with Gasteiger partial charge in [-0.05, 0) is 50.2 Å². The smallest absolute Gasteiger partial charge is 0.265 e. The maximum atomic E-state index is 12.2. The number of nitrogens with two attached hydrogens (primary N) is 1. The molecule has 0 spiro atoms. The highest BCUT2D eigenvalue weighted by Gasteiger charge is 2.16. The molecule has 1 unspecified atom stereocenters. The van der Waals surface area contributed by atoms with Gasteiger partial charge in [-0.15, -0.1) is 0 Å². The van der Waals surface area contributed by atoms with E-state index in [9.17, 15) is 4.79 Å². The van der Waals surface area contributed by atoms with Crippen LogP contribution in [0.5, 0.6) is 11.5 Å². The van der Waals surface area contributed by atoms with Crippen LogP contribution >= 0.6 is 0 Å². The summed E-state index contributed by atoms with van der Waals surface area (Å²) < 4.78 is 11.1. The van der Waals surface area contributed by atoms with Crippen molar-refractivity contribution in [2.75, 3.05) is 17.7 Å². The van der Waals surface area contributed by atoms with Crippen molar-refractivity contribution in [1.82, 2.24) is 0 Å². The Balaban J connectivity index is 2.01. The lowest BCUT2D eigenvalue weighted by Crippen LogP contribution is -2.30. The van der Waals surface area contributed by atoms with Gasteiger partial charge in [-0.2, -0.15) is 0 Å². The molecule has 2 aromatic rings. The molecule has 116 valence electrons. The summed E-state index contributed by atoms with van der Waals surface area (Å²) in [6.45, 7) is 4.12. The fraction of sp³-hybridized carbons (Fsp3) is 0.235. The normalized spacial score (nSPS) is 11.5. The van der Waals surface area contributed by atoms with E-state index in [0.717, 1.165) is 0 Å². The van der Waals surface area contributed by atoms with Crippen molar-refractivity contribution in [3.63, 3.8) is 0 Å². The minimum atomic E-state index is -0.640. The molecule has 0 bridgehead atoms. The summed E-state index contributed by atoms with van der Waals surface area (Å²) in [6, 6.07) is 14.2. The standard InChI is InChI=1S/C17H20N2O3/c1-3-21-16-7-5-4-6-15(16)19-17(20)12(2)22-14-10-8-13(18)9-11-14/h4-12H,3,18H2,1-2H3,(H,19,20). The molecule has 22 heavy (non-hydrogen) atoms. The van der Waals surface area contributed by atoms with E-state index in [1.807, 2.05) is 25.1 Å². The van der Waals surface area contributed by atoms with Gasteiger partial charge in [0.2, 0.25) is 0 Å². The van der Waals surface area contributed by atoms with Crippen molar-refractivity contribution < 1.29 is 14.3 Å². The van der Waals surface area contributed by atoms with Crippen LogP contribution in [-0.4, -0.2) is 18.6 Å². The molecule has 0 saturated heterocycles. The van der Waals surface area contributed by atoms with Gasteiger partial charge < -0.3 is 20.5 Å². The number of nitrogen functional groups attached to an aromatic ring is 1. The first kappa shape index (κ1) is 15.7. The first-order valence-electron chi connectivity index (χ1n) is 7.15. The SMILES string of the molecule is CCOc1ccccc1NC(=O)C(C)Oc1ccc(N)cc1. The van der Waals surface area contributed by atoms with Gasteiger partial charge in [0.15, 0.2) is 6.10 Å². The third-order valence-corrected chi connectivity index (χ3v) is 3.01. The summed E-state index contributed by atoms with van der Waals surface area (Å²) in [5.74, 6) is 0.983. The van der Waals surface area contributed by atoms with Crippen LogP contribution in [-0.2, 0) is 4.79 Å². The maximum absolute atomic E-state index is 12.2. The van der Waals surface area contributed by atoms with Crippen LogP contribution < -0.4 is 20.5 Å². The Morgan fingerprint density at radius 2 is 1.86 bits per heavy atom.